The Kier molecular flexibility index (Phi) is 5.35. The standard InChI is InChI=1S/C12H19BrN4O2/c1-10(17-9-11(13)8-15-17)12(18)14-2-3-16-4-6-19-7-5-16/h8-10H,2-7H2,1H3,(H,14,18). The van der Waals surface area contributed by atoms with Crippen LogP contribution in [0.3, 0.4) is 0 Å². The molecule has 1 aromatic rings. The lowest BCUT2D eigenvalue weighted by atomic mass is 10.3. The summed E-state index contributed by atoms with van der Waals surface area (Å²) in [5.74, 6) is -0.0103. The average molecular weight is 331 g/mol. The van der Waals surface area contributed by atoms with Gasteiger partial charge in [-0.1, -0.05) is 0 Å². The molecule has 0 bridgehead atoms. The van der Waals surface area contributed by atoms with Gasteiger partial charge in [0.1, 0.15) is 6.04 Å². The number of hydrogen-bond acceptors (Lipinski definition) is 4. The Morgan fingerprint density at radius 2 is 2.32 bits per heavy atom. The van der Waals surface area contributed by atoms with E-state index in [1.165, 1.54) is 0 Å². The van der Waals surface area contributed by atoms with Gasteiger partial charge in [0.15, 0.2) is 0 Å². The normalized spacial score (nSPS) is 18.2. The van der Waals surface area contributed by atoms with Crippen molar-refractivity contribution in [2.75, 3.05) is 39.4 Å². The SMILES string of the molecule is CC(C(=O)NCCN1CCOCC1)n1cc(Br)cn1. The van der Waals surface area contributed by atoms with Crippen molar-refractivity contribution in [3.05, 3.63) is 16.9 Å². The number of rotatable bonds is 5. The number of carbonyl (C=O) groups is 1. The molecule has 0 radical (unpaired) electrons. The Bertz CT molecular complexity index is 418. The molecule has 2 rings (SSSR count). The maximum atomic E-state index is 12.0. The number of amides is 1. The molecule has 1 unspecified atom stereocenters. The van der Waals surface area contributed by atoms with Crippen LogP contribution in [0.15, 0.2) is 16.9 Å². The topological polar surface area (TPSA) is 59.4 Å². The minimum Gasteiger partial charge on any atom is -0.379 e. The summed E-state index contributed by atoms with van der Waals surface area (Å²) >= 11 is 3.32. The van der Waals surface area contributed by atoms with E-state index in [9.17, 15) is 4.79 Å². The number of halogens is 1. The molecule has 1 N–H and O–H groups in total. The average Bonchev–Trinajstić information content (AvgIpc) is 2.85. The minimum absolute atomic E-state index is 0.0103. The third-order valence-corrected chi connectivity index (χ3v) is 3.59. The lowest BCUT2D eigenvalue weighted by Crippen LogP contribution is -2.42. The number of carbonyl (C=O) groups excluding carboxylic acids is 1. The number of nitrogens with zero attached hydrogens (tertiary/aromatic N) is 3. The predicted molar refractivity (Wildman–Crippen MR) is 74.9 cm³/mol. The van der Waals surface area contributed by atoms with Crippen LogP contribution in [0.1, 0.15) is 13.0 Å². The fourth-order valence-corrected chi connectivity index (χ4v) is 2.26. The zero-order chi connectivity index (χ0) is 13.7. The Hall–Kier alpha value is -0.920. The lowest BCUT2D eigenvalue weighted by Gasteiger charge is -2.26. The van der Waals surface area contributed by atoms with Crippen molar-refractivity contribution in [2.45, 2.75) is 13.0 Å². The van der Waals surface area contributed by atoms with Crippen LogP contribution in [-0.2, 0) is 9.53 Å². The van der Waals surface area contributed by atoms with Crippen molar-refractivity contribution in [3.63, 3.8) is 0 Å². The van der Waals surface area contributed by atoms with Gasteiger partial charge in [0.25, 0.3) is 0 Å². The van der Waals surface area contributed by atoms with Crippen molar-refractivity contribution in [2.24, 2.45) is 0 Å². The van der Waals surface area contributed by atoms with Crippen molar-refractivity contribution in [3.8, 4) is 0 Å². The molecule has 7 heteroatoms. The molecule has 1 aliphatic heterocycles. The fourth-order valence-electron chi connectivity index (χ4n) is 1.96. The summed E-state index contributed by atoms with van der Waals surface area (Å²) in [5.41, 5.74) is 0. The molecule has 1 aromatic heterocycles. The summed E-state index contributed by atoms with van der Waals surface area (Å²) in [5, 5.41) is 7.06. The Morgan fingerprint density at radius 3 is 2.95 bits per heavy atom. The first-order valence-electron chi connectivity index (χ1n) is 6.44. The van der Waals surface area contributed by atoms with Gasteiger partial charge in [0.2, 0.25) is 5.91 Å². The first kappa shape index (κ1) is 14.5. The monoisotopic (exact) mass is 330 g/mol. The molecule has 1 amide bonds. The van der Waals surface area contributed by atoms with Crippen molar-refractivity contribution >= 4 is 21.8 Å². The Balaban J connectivity index is 1.71. The molecule has 0 saturated carbocycles. The van der Waals surface area contributed by atoms with E-state index in [0.29, 0.717) is 6.54 Å². The number of hydrogen-bond donors (Lipinski definition) is 1. The van der Waals surface area contributed by atoms with E-state index in [2.05, 4.69) is 31.2 Å². The zero-order valence-corrected chi connectivity index (χ0v) is 12.6. The second kappa shape index (κ2) is 7.02. The van der Waals surface area contributed by atoms with Crippen molar-refractivity contribution < 1.29 is 9.53 Å². The summed E-state index contributed by atoms with van der Waals surface area (Å²) in [7, 11) is 0. The third-order valence-electron chi connectivity index (χ3n) is 3.18. The predicted octanol–water partition coefficient (Wildman–Crippen LogP) is 0.655. The van der Waals surface area contributed by atoms with Crippen LogP contribution < -0.4 is 5.32 Å². The molecule has 6 nitrogen and oxygen atoms in total. The largest absolute Gasteiger partial charge is 0.379 e. The molecule has 0 spiro atoms. The highest BCUT2D eigenvalue weighted by Gasteiger charge is 2.16. The molecule has 19 heavy (non-hydrogen) atoms. The van der Waals surface area contributed by atoms with E-state index in [-0.39, 0.29) is 11.9 Å². The van der Waals surface area contributed by atoms with Crippen LogP contribution in [0.5, 0.6) is 0 Å². The van der Waals surface area contributed by atoms with Crippen LogP contribution in [0.2, 0.25) is 0 Å². The van der Waals surface area contributed by atoms with Crippen LogP contribution in [-0.4, -0.2) is 60.0 Å². The second-order valence-electron chi connectivity index (χ2n) is 4.56. The molecular weight excluding hydrogens is 312 g/mol. The number of aromatic nitrogens is 2. The molecule has 106 valence electrons. The molecule has 1 saturated heterocycles. The molecule has 0 aliphatic carbocycles. The molecule has 0 aromatic carbocycles. The highest BCUT2D eigenvalue weighted by atomic mass is 79.9. The summed E-state index contributed by atoms with van der Waals surface area (Å²) in [6, 6.07) is -0.295. The van der Waals surface area contributed by atoms with E-state index < -0.39 is 0 Å². The van der Waals surface area contributed by atoms with Crippen LogP contribution in [0.25, 0.3) is 0 Å². The maximum absolute atomic E-state index is 12.0. The zero-order valence-electron chi connectivity index (χ0n) is 11.0. The molecule has 1 fully saturated rings. The van der Waals surface area contributed by atoms with E-state index in [1.54, 1.807) is 17.1 Å². The molecule has 2 heterocycles. The van der Waals surface area contributed by atoms with Crippen LogP contribution in [0.4, 0.5) is 0 Å². The molecular formula is C12H19BrN4O2. The van der Waals surface area contributed by atoms with Gasteiger partial charge in [0, 0.05) is 32.4 Å². The number of morpholine rings is 1. The van der Waals surface area contributed by atoms with Gasteiger partial charge >= 0.3 is 0 Å². The summed E-state index contributed by atoms with van der Waals surface area (Å²) in [4.78, 5) is 14.3. The van der Waals surface area contributed by atoms with Gasteiger partial charge in [0.05, 0.1) is 23.9 Å². The highest BCUT2D eigenvalue weighted by Crippen LogP contribution is 2.11. The summed E-state index contributed by atoms with van der Waals surface area (Å²) in [6.45, 7) is 6.81. The Labute approximate surface area is 121 Å². The van der Waals surface area contributed by atoms with Crippen LogP contribution >= 0.6 is 15.9 Å². The first-order valence-corrected chi connectivity index (χ1v) is 7.23. The molecule has 1 atom stereocenters. The van der Waals surface area contributed by atoms with E-state index in [4.69, 9.17) is 4.74 Å². The smallest absolute Gasteiger partial charge is 0.244 e. The maximum Gasteiger partial charge on any atom is 0.244 e. The Morgan fingerprint density at radius 1 is 1.58 bits per heavy atom. The van der Waals surface area contributed by atoms with Gasteiger partial charge in [-0.05, 0) is 22.9 Å². The minimum atomic E-state index is -0.295. The van der Waals surface area contributed by atoms with Gasteiger partial charge in [-0.25, -0.2) is 0 Å². The number of nitrogens with one attached hydrogen (secondary N) is 1. The molecule has 1 aliphatic rings. The summed E-state index contributed by atoms with van der Waals surface area (Å²) in [6.07, 6.45) is 3.48. The van der Waals surface area contributed by atoms with E-state index in [0.717, 1.165) is 37.3 Å². The van der Waals surface area contributed by atoms with Gasteiger partial charge < -0.3 is 10.1 Å². The first-order chi connectivity index (χ1) is 9.16. The van der Waals surface area contributed by atoms with Crippen molar-refractivity contribution in [1.29, 1.82) is 0 Å². The van der Waals surface area contributed by atoms with Crippen LogP contribution in [0, 0.1) is 0 Å². The third kappa shape index (κ3) is 4.29. The quantitative estimate of drug-likeness (QED) is 0.861. The van der Waals surface area contributed by atoms with E-state index in [1.807, 2.05) is 6.92 Å². The lowest BCUT2D eigenvalue weighted by molar-refractivity contribution is -0.124. The summed E-state index contributed by atoms with van der Waals surface area (Å²) < 4.78 is 7.80. The second-order valence-corrected chi connectivity index (χ2v) is 5.48. The highest BCUT2D eigenvalue weighted by molar-refractivity contribution is 9.10. The van der Waals surface area contributed by atoms with Gasteiger partial charge in [-0.15, -0.1) is 0 Å². The number of ether oxygens (including phenoxy) is 1. The van der Waals surface area contributed by atoms with Crippen molar-refractivity contribution in [1.82, 2.24) is 20.0 Å². The van der Waals surface area contributed by atoms with Gasteiger partial charge in [-0.2, -0.15) is 5.10 Å². The fraction of sp³-hybridized carbons (Fsp3) is 0.667. The van der Waals surface area contributed by atoms with Gasteiger partial charge in [-0.3, -0.25) is 14.4 Å². The van der Waals surface area contributed by atoms with E-state index >= 15 is 0 Å².